The maximum atomic E-state index is 12.8. The highest BCUT2D eigenvalue weighted by Crippen LogP contribution is 2.36. The largest absolute Gasteiger partial charge is 0.486 e. The summed E-state index contributed by atoms with van der Waals surface area (Å²) in [6.45, 7) is 2.25. The highest BCUT2D eigenvalue weighted by atomic mass is 16.6. The number of nitrogens with one attached hydrogen (secondary N) is 2. The van der Waals surface area contributed by atoms with E-state index in [9.17, 15) is 14.4 Å². The van der Waals surface area contributed by atoms with Crippen molar-refractivity contribution in [1.82, 2.24) is 15.5 Å². The van der Waals surface area contributed by atoms with E-state index in [4.69, 9.17) is 9.47 Å². The van der Waals surface area contributed by atoms with Crippen LogP contribution in [-0.4, -0.2) is 48.5 Å². The standard InChI is InChI=1S/C17H19N3O5/c1-17(10-2-5-12-13(8-10)25-7-6-24-12)15(22)20(16(23)19-17)9-14(21)18-11-3-4-11/h2,5,8,11H,3-4,6-7,9H2,1H3,(H,18,21)(H,19,23)/t17-/m0/s1. The monoisotopic (exact) mass is 345 g/mol. The van der Waals surface area contributed by atoms with E-state index in [1.807, 2.05) is 0 Å². The van der Waals surface area contributed by atoms with Crippen molar-refractivity contribution in [3.63, 3.8) is 0 Å². The summed E-state index contributed by atoms with van der Waals surface area (Å²) >= 11 is 0. The predicted molar refractivity (Wildman–Crippen MR) is 86.2 cm³/mol. The Morgan fingerprint density at radius 2 is 2.00 bits per heavy atom. The van der Waals surface area contributed by atoms with Gasteiger partial charge in [-0.3, -0.25) is 14.5 Å². The van der Waals surface area contributed by atoms with Gasteiger partial charge in [-0.2, -0.15) is 0 Å². The molecule has 3 aliphatic rings. The average Bonchev–Trinajstić information content (AvgIpc) is 3.38. The molecule has 1 aromatic carbocycles. The lowest BCUT2D eigenvalue weighted by molar-refractivity contribution is -0.134. The van der Waals surface area contributed by atoms with Gasteiger partial charge < -0.3 is 20.1 Å². The maximum absolute atomic E-state index is 12.8. The number of rotatable bonds is 4. The van der Waals surface area contributed by atoms with Gasteiger partial charge in [0.15, 0.2) is 11.5 Å². The summed E-state index contributed by atoms with van der Waals surface area (Å²) in [6.07, 6.45) is 1.89. The molecule has 2 N–H and O–H groups in total. The Morgan fingerprint density at radius 3 is 2.72 bits per heavy atom. The number of urea groups is 1. The van der Waals surface area contributed by atoms with Gasteiger partial charge in [0.05, 0.1) is 0 Å². The second-order valence-corrected chi connectivity index (χ2v) is 6.65. The van der Waals surface area contributed by atoms with Gasteiger partial charge in [0.2, 0.25) is 5.91 Å². The number of nitrogens with zero attached hydrogens (tertiary/aromatic N) is 1. The highest BCUT2D eigenvalue weighted by molar-refractivity contribution is 6.09. The average molecular weight is 345 g/mol. The summed E-state index contributed by atoms with van der Waals surface area (Å²) in [5.41, 5.74) is -0.660. The van der Waals surface area contributed by atoms with E-state index in [0.29, 0.717) is 30.3 Å². The van der Waals surface area contributed by atoms with Gasteiger partial charge in [-0.05, 0) is 37.5 Å². The fourth-order valence-electron chi connectivity index (χ4n) is 3.04. The molecule has 0 spiro atoms. The molecule has 2 aliphatic heterocycles. The van der Waals surface area contributed by atoms with Gasteiger partial charge in [-0.1, -0.05) is 6.07 Å². The second-order valence-electron chi connectivity index (χ2n) is 6.65. The summed E-state index contributed by atoms with van der Waals surface area (Å²) in [5, 5.41) is 5.47. The van der Waals surface area contributed by atoms with Crippen LogP contribution >= 0.6 is 0 Å². The first kappa shape index (κ1) is 15.7. The van der Waals surface area contributed by atoms with Crippen LogP contribution < -0.4 is 20.1 Å². The Kier molecular flexibility index (Phi) is 3.55. The van der Waals surface area contributed by atoms with E-state index in [2.05, 4.69) is 10.6 Å². The number of hydrogen-bond acceptors (Lipinski definition) is 5. The summed E-state index contributed by atoms with van der Waals surface area (Å²) in [4.78, 5) is 38.0. The Balaban J connectivity index is 1.55. The Morgan fingerprint density at radius 1 is 1.28 bits per heavy atom. The molecule has 0 aromatic heterocycles. The van der Waals surface area contributed by atoms with Crippen LogP contribution in [0.4, 0.5) is 4.79 Å². The summed E-state index contributed by atoms with van der Waals surface area (Å²) < 4.78 is 11.0. The number of fused-ring (bicyclic) bond motifs is 1. The smallest absolute Gasteiger partial charge is 0.325 e. The van der Waals surface area contributed by atoms with Crippen molar-refractivity contribution >= 4 is 17.8 Å². The second kappa shape index (κ2) is 5.65. The minimum atomic E-state index is -1.24. The molecule has 25 heavy (non-hydrogen) atoms. The number of amides is 4. The SMILES string of the molecule is C[C@@]1(c2ccc3c(c2)OCCO3)NC(=O)N(CC(=O)NC2CC2)C1=O. The third kappa shape index (κ3) is 2.77. The maximum Gasteiger partial charge on any atom is 0.325 e. The minimum Gasteiger partial charge on any atom is -0.486 e. The quantitative estimate of drug-likeness (QED) is 0.775. The van der Waals surface area contributed by atoms with Crippen LogP contribution in [0.2, 0.25) is 0 Å². The van der Waals surface area contributed by atoms with Crippen molar-refractivity contribution in [2.45, 2.75) is 31.3 Å². The van der Waals surface area contributed by atoms with Crippen LogP contribution in [0.25, 0.3) is 0 Å². The molecule has 4 amide bonds. The number of carbonyl (C=O) groups is 3. The van der Waals surface area contributed by atoms with Crippen molar-refractivity contribution in [1.29, 1.82) is 0 Å². The summed E-state index contributed by atoms with van der Waals surface area (Å²) in [7, 11) is 0. The van der Waals surface area contributed by atoms with Crippen LogP contribution in [0, 0.1) is 0 Å². The molecule has 8 heteroatoms. The lowest BCUT2D eigenvalue weighted by atomic mass is 9.91. The minimum absolute atomic E-state index is 0.178. The van der Waals surface area contributed by atoms with Crippen LogP contribution in [0.3, 0.4) is 0 Å². The zero-order valence-electron chi connectivity index (χ0n) is 13.8. The van der Waals surface area contributed by atoms with Gasteiger partial charge in [-0.25, -0.2) is 4.79 Å². The van der Waals surface area contributed by atoms with Gasteiger partial charge in [-0.15, -0.1) is 0 Å². The molecule has 1 saturated heterocycles. The van der Waals surface area contributed by atoms with Crippen LogP contribution in [-0.2, 0) is 15.1 Å². The van der Waals surface area contributed by atoms with Crippen LogP contribution in [0.5, 0.6) is 11.5 Å². The highest BCUT2D eigenvalue weighted by Gasteiger charge is 2.50. The molecular formula is C17H19N3O5. The van der Waals surface area contributed by atoms with Gasteiger partial charge in [0.25, 0.3) is 5.91 Å². The summed E-state index contributed by atoms with van der Waals surface area (Å²) in [5.74, 6) is 0.366. The van der Waals surface area contributed by atoms with Crippen molar-refractivity contribution < 1.29 is 23.9 Å². The molecule has 2 fully saturated rings. The number of carbonyl (C=O) groups excluding carboxylic acids is 3. The molecule has 0 radical (unpaired) electrons. The lowest BCUT2D eigenvalue weighted by Crippen LogP contribution is -2.43. The number of benzene rings is 1. The van der Waals surface area contributed by atoms with Crippen LogP contribution in [0.1, 0.15) is 25.3 Å². The molecule has 0 bridgehead atoms. The first-order chi connectivity index (χ1) is 12.0. The first-order valence-corrected chi connectivity index (χ1v) is 8.31. The van der Waals surface area contributed by atoms with Crippen molar-refractivity contribution in [2.24, 2.45) is 0 Å². The first-order valence-electron chi connectivity index (χ1n) is 8.31. The predicted octanol–water partition coefficient (Wildman–Crippen LogP) is 0.503. The number of imide groups is 1. The lowest BCUT2D eigenvalue weighted by Gasteiger charge is -2.25. The van der Waals surface area contributed by atoms with E-state index < -0.39 is 17.5 Å². The zero-order chi connectivity index (χ0) is 17.6. The van der Waals surface area contributed by atoms with Crippen molar-refractivity contribution in [3.05, 3.63) is 23.8 Å². The van der Waals surface area contributed by atoms with E-state index in [0.717, 1.165) is 17.7 Å². The molecule has 8 nitrogen and oxygen atoms in total. The summed E-state index contributed by atoms with van der Waals surface area (Å²) in [6, 6.07) is 4.74. The fourth-order valence-corrected chi connectivity index (χ4v) is 3.04. The van der Waals surface area contributed by atoms with E-state index in [-0.39, 0.29) is 18.5 Å². The van der Waals surface area contributed by atoms with Crippen molar-refractivity contribution in [3.8, 4) is 11.5 Å². The van der Waals surface area contributed by atoms with E-state index in [1.165, 1.54) is 0 Å². The van der Waals surface area contributed by atoms with Gasteiger partial charge in [0, 0.05) is 6.04 Å². The molecule has 1 aromatic rings. The fraction of sp³-hybridized carbons (Fsp3) is 0.471. The Hall–Kier alpha value is -2.77. The molecule has 132 valence electrons. The topological polar surface area (TPSA) is 97.0 Å². The molecular weight excluding hydrogens is 326 g/mol. The molecule has 2 heterocycles. The van der Waals surface area contributed by atoms with E-state index >= 15 is 0 Å². The third-order valence-electron chi connectivity index (χ3n) is 4.64. The normalized spacial score (nSPS) is 24.9. The third-order valence-corrected chi connectivity index (χ3v) is 4.64. The van der Waals surface area contributed by atoms with E-state index in [1.54, 1.807) is 25.1 Å². The molecule has 0 unspecified atom stereocenters. The zero-order valence-corrected chi connectivity index (χ0v) is 13.8. The Labute approximate surface area is 144 Å². The number of ether oxygens (including phenoxy) is 2. The van der Waals surface area contributed by atoms with Crippen LogP contribution in [0.15, 0.2) is 18.2 Å². The van der Waals surface area contributed by atoms with Gasteiger partial charge >= 0.3 is 6.03 Å². The van der Waals surface area contributed by atoms with Crippen molar-refractivity contribution in [2.75, 3.05) is 19.8 Å². The molecule has 1 aliphatic carbocycles. The molecule has 1 saturated carbocycles. The molecule has 4 rings (SSSR count). The Bertz CT molecular complexity index is 761. The number of hydrogen-bond donors (Lipinski definition) is 2. The van der Waals surface area contributed by atoms with Gasteiger partial charge in [0.1, 0.15) is 25.3 Å². The molecule has 1 atom stereocenters.